The van der Waals surface area contributed by atoms with E-state index in [0.29, 0.717) is 5.78 Å². The monoisotopic (exact) mass is 159 g/mol. The van der Waals surface area contributed by atoms with Crippen molar-refractivity contribution in [3.63, 3.8) is 0 Å². The van der Waals surface area contributed by atoms with E-state index in [-0.39, 0.29) is 7.34 Å². The van der Waals surface area contributed by atoms with Crippen molar-refractivity contribution < 1.29 is 6.22 Å². The van der Waals surface area contributed by atoms with E-state index in [1.165, 1.54) is 0 Å². The van der Waals surface area contributed by atoms with Gasteiger partial charge in [-0.25, -0.2) is 0 Å². The summed E-state index contributed by atoms with van der Waals surface area (Å²) in [5.41, 5.74) is 0. The fourth-order valence-corrected chi connectivity index (χ4v) is 0.853. The van der Waals surface area contributed by atoms with Crippen LogP contribution in [0.4, 0.5) is 0 Å². The van der Waals surface area contributed by atoms with Gasteiger partial charge in [0.25, 0.3) is 0 Å². The molecule has 0 amide bonds. The van der Waals surface area contributed by atoms with Crippen LogP contribution in [0.2, 0.25) is 0 Å². The van der Waals surface area contributed by atoms with E-state index in [1.54, 1.807) is 0 Å². The Morgan fingerprint density at radius 3 is 2.64 bits per heavy atom. The smallest absolute Gasteiger partial charge is 0.135 e. The first-order chi connectivity index (χ1) is 5.18. The highest BCUT2D eigenvalue weighted by molar-refractivity contribution is 5.80. The molecule has 0 rings (SSSR count). The zero-order valence-electron chi connectivity index (χ0n) is 7.81. The van der Waals surface area contributed by atoms with Crippen LogP contribution >= 0.6 is 0 Å². The number of carbonyl (C=O) groups is 1. The topological polar surface area (TPSA) is 29.1 Å². The molecule has 0 radical (unpaired) electrons. The van der Waals surface area contributed by atoms with Gasteiger partial charge in [-0.3, -0.25) is 4.79 Å². The largest absolute Gasteiger partial charge is 0.317 e. The number of rotatable bonds is 6. The first-order valence-electron chi connectivity index (χ1n) is 4.42. The highest BCUT2D eigenvalue weighted by atomic mass is 16.1. The van der Waals surface area contributed by atoms with Crippen molar-refractivity contribution in [3.8, 4) is 0 Å². The van der Waals surface area contributed by atoms with Crippen LogP contribution in [-0.2, 0) is 4.79 Å². The third-order valence-electron chi connectivity index (χ3n) is 1.67. The highest BCUT2D eigenvalue weighted by Crippen LogP contribution is 2.00. The zero-order valence-corrected chi connectivity index (χ0v) is 7.81. The van der Waals surface area contributed by atoms with Gasteiger partial charge >= 0.3 is 0 Å². The Labute approximate surface area is 70.9 Å². The number of hydrogen-bond acceptors (Lipinski definition) is 2. The van der Waals surface area contributed by atoms with Crippen LogP contribution in [-0.4, -0.2) is 18.9 Å². The predicted octanol–water partition coefficient (Wildman–Crippen LogP) is 1.85. The second-order valence-electron chi connectivity index (χ2n) is 3.08. The minimum atomic E-state index is 0. The van der Waals surface area contributed by atoms with Crippen molar-refractivity contribution in [3.05, 3.63) is 0 Å². The maximum absolute atomic E-state index is 11.1. The van der Waals surface area contributed by atoms with Crippen LogP contribution in [0.1, 0.15) is 35.0 Å². The summed E-state index contributed by atoms with van der Waals surface area (Å²) in [5, 5.41) is 3.19. The Kier molecular flexibility index (Phi) is 6.13. The van der Waals surface area contributed by atoms with Gasteiger partial charge in [-0.15, -0.1) is 0 Å². The lowest BCUT2D eigenvalue weighted by Gasteiger charge is -2.03. The van der Waals surface area contributed by atoms with Gasteiger partial charge in [0, 0.05) is 13.8 Å². The molecule has 0 atom stereocenters. The summed E-state index contributed by atoms with van der Waals surface area (Å²) in [6.45, 7) is 7.94. The molecule has 0 bridgehead atoms. The Bertz CT molecular complexity index is 115. The molecule has 0 aliphatic rings. The Hall–Kier alpha value is -0.370. The molecule has 0 aliphatic heterocycles. The molecule has 2 nitrogen and oxygen atoms in total. The van der Waals surface area contributed by atoms with E-state index in [4.69, 9.17) is 0 Å². The summed E-state index contributed by atoms with van der Waals surface area (Å²) in [4.78, 5) is 11.1. The minimum absolute atomic E-state index is 0. The van der Waals surface area contributed by atoms with E-state index in [0.717, 1.165) is 25.9 Å². The van der Waals surface area contributed by atoms with Crippen LogP contribution in [0, 0.1) is 5.92 Å². The third kappa shape index (κ3) is 6.05. The quantitative estimate of drug-likeness (QED) is 0.599. The summed E-state index contributed by atoms with van der Waals surface area (Å²) >= 11 is 0. The van der Waals surface area contributed by atoms with Gasteiger partial charge in [-0.2, -0.15) is 0 Å². The molecule has 1 N–H and O–H groups in total. The van der Waals surface area contributed by atoms with Gasteiger partial charge < -0.3 is 5.32 Å². The summed E-state index contributed by atoms with van der Waals surface area (Å²) in [6, 6.07) is 0. The molecule has 0 fully saturated rings. The van der Waals surface area contributed by atoms with Gasteiger partial charge in [0.05, 0.1) is 0 Å². The summed E-state index contributed by atoms with van der Waals surface area (Å²) in [6.07, 6.45) is 1.70. The molecule has 68 valence electrons. The minimum Gasteiger partial charge on any atom is -0.317 e. The average Bonchev–Trinajstić information content (AvgIpc) is 1.97. The van der Waals surface area contributed by atoms with Crippen molar-refractivity contribution in [1.82, 2.24) is 5.32 Å². The number of hydrogen-bond donors (Lipinski definition) is 1. The maximum Gasteiger partial charge on any atom is 0.135 e. The van der Waals surface area contributed by atoms with Gasteiger partial charge in [0.1, 0.15) is 5.78 Å². The van der Waals surface area contributed by atoms with Crippen LogP contribution in [0.5, 0.6) is 0 Å². The molecular formula is C9H21NO. The molecule has 0 saturated heterocycles. The Morgan fingerprint density at radius 1 is 1.55 bits per heavy atom. The van der Waals surface area contributed by atoms with E-state index in [2.05, 4.69) is 12.2 Å². The van der Waals surface area contributed by atoms with E-state index < -0.39 is 0 Å². The summed E-state index contributed by atoms with van der Waals surface area (Å²) < 4.78 is 0. The van der Waals surface area contributed by atoms with Crippen LogP contribution in [0.15, 0.2) is 0 Å². The number of ketones is 1. The summed E-state index contributed by atoms with van der Waals surface area (Å²) in [5.74, 6) is 0.583. The SMILES string of the molecule is CCNCCCC(=O)C(C)C.[HH]. The zero-order chi connectivity index (χ0) is 8.69. The maximum atomic E-state index is 11.1. The molecule has 0 saturated carbocycles. The molecule has 0 spiro atoms. The van der Waals surface area contributed by atoms with Crippen molar-refractivity contribution in [2.24, 2.45) is 5.92 Å². The number of carbonyl (C=O) groups excluding carboxylic acids is 1. The lowest BCUT2D eigenvalue weighted by atomic mass is 10.1. The van der Waals surface area contributed by atoms with Crippen molar-refractivity contribution in [2.75, 3.05) is 13.1 Å². The van der Waals surface area contributed by atoms with Crippen LogP contribution < -0.4 is 5.32 Å². The second-order valence-corrected chi connectivity index (χ2v) is 3.08. The first-order valence-corrected chi connectivity index (χ1v) is 4.42. The van der Waals surface area contributed by atoms with Crippen LogP contribution in [0.25, 0.3) is 0 Å². The molecule has 0 aromatic rings. The van der Waals surface area contributed by atoms with Crippen molar-refractivity contribution in [2.45, 2.75) is 33.6 Å². The third-order valence-corrected chi connectivity index (χ3v) is 1.67. The van der Waals surface area contributed by atoms with E-state index in [9.17, 15) is 4.79 Å². The van der Waals surface area contributed by atoms with Gasteiger partial charge in [-0.1, -0.05) is 20.8 Å². The summed E-state index contributed by atoms with van der Waals surface area (Å²) in [7, 11) is 0. The van der Waals surface area contributed by atoms with Crippen LogP contribution in [0.3, 0.4) is 0 Å². The van der Waals surface area contributed by atoms with Gasteiger partial charge in [0.15, 0.2) is 0 Å². The first kappa shape index (κ1) is 10.6. The normalized spacial score (nSPS) is 10.5. The lowest BCUT2D eigenvalue weighted by molar-refractivity contribution is -0.121. The molecule has 0 unspecified atom stereocenters. The number of Topliss-reactive ketones (excluding diaryl/α,β-unsaturated/α-hetero) is 1. The Balaban J connectivity index is 0. The van der Waals surface area contributed by atoms with Gasteiger partial charge in [-0.05, 0) is 19.5 Å². The molecule has 2 heteroatoms. The molecule has 11 heavy (non-hydrogen) atoms. The molecule has 0 aromatic heterocycles. The lowest BCUT2D eigenvalue weighted by Crippen LogP contribution is -2.16. The number of nitrogens with one attached hydrogen (secondary N) is 1. The molecule has 0 aliphatic carbocycles. The standard InChI is InChI=1S/C9H19NO.H2/c1-4-10-7-5-6-9(11)8(2)3;/h8,10H,4-7H2,1-3H3;1H. The molecule has 0 heterocycles. The van der Waals surface area contributed by atoms with Crippen molar-refractivity contribution in [1.29, 1.82) is 0 Å². The predicted molar refractivity (Wildman–Crippen MR) is 49.7 cm³/mol. The Morgan fingerprint density at radius 2 is 2.18 bits per heavy atom. The average molecular weight is 159 g/mol. The van der Waals surface area contributed by atoms with Crippen molar-refractivity contribution >= 4 is 5.78 Å². The molecule has 0 aromatic carbocycles. The van der Waals surface area contributed by atoms with Gasteiger partial charge in [0.2, 0.25) is 0 Å². The fraction of sp³-hybridized carbons (Fsp3) is 0.889. The molecular weight excluding hydrogens is 138 g/mol. The second kappa shape index (κ2) is 6.35. The fourth-order valence-electron chi connectivity index (χ4n) is 0.853. The highest BCUT2D eigenvalue weighted by Gasteiger charge is 2.05. The van der Waals surface area contributed by atoms with E-state index in [1.807, 2.05) is 13.8 Å². The van der Waals surface area contributed by atoms with E-state index >= 15 is 0 Å².